The molecule has 0 aliphatic rings. The first kappa shape index (κ1) is 10.9. The van der Waals surface area contributed by atoms with Crippen molar-refractivity contribution in [2.45, 2.75) is 26.0 Å². The SMILES string of the molecule is CCC(C)(Nc1ccc(N)cc1)OC. The van der Waals surface area contributed by atoms with E-state index in [2.05, 4.69) is 12.2 Å². The van der Waals surface area contributed by atoms with Crippen LogP contribution < -0.4 is 11.1 Å². The lowest BCUT2D eigenvalue weighted by atomic mass is 10.1. The third-order valence-electron chi connectivity index (χ3n) is 2.44. The molecule has 3 N–H and O–H groups in total. The number of benzene rings is 1. The molecule has 0 spiro atoms. The Balaban J connectivity index is 2.72. The van der Waals surface area contributed by atoms with Crippen LogP contribution in [0.25, 0.3) is 0 Å². The minimum atomic E-state index is -0.309. The topological polar surface area (TPSA) is 47.3 Å². The molecular formula is C11H18N2O. The molecule has 1 aromatic carbocycles. The fraction of sp³-hybridized carbons (Fsp3) is 0.455. The van der Waals surface area contributed by atoms with Crippen LogP contribution in [0.3, 0.4) is 0 Å². The average molecular weight is 194 g/mol. The Morgan fingerprint density at radius 2 is 1.93 bits per heavy atom. The maximum absolute atomic E-state index is 5.60. The van der Waals surface area contributed by atoms with Gasteiger partial charge in [-0.3, -0.25) is 0 Å². The van der Waals surface area contributed by atoms with Gasteiger partial charge in [0.05, 0.1) is 0 Å². The van der Waals surface area contributed by atoms with E-state index >= 15 is 0 Å². The van der Waals surface area contributed by atoms with Gasteiger partial charge < -0.3 is 15.8 Å². The number of anilines is 2. The summed E-state index contributed by atoms with van der Waals surface area (Å²) in [7, 11) is 1.70. The lowest BCUT2D eigenvalue weighted by molar-refractivity contribution is 0.0280. The minimum Gasteiger partial charge on any atom is -0.399 e. The summed E-state index contributed by atoms with van der Waals surface area (Å²) in [5, 5.41) is 3.30. The van der Waals surface area contributed by atoms with Gasteiger partial charge in [0.1, 0.15) is 5.72 Å². The highest BCUT2D eigenvalue weighted by Gasteiger charge is 2.19. The number of nitrogens with one attached hydrogen (secondary N) is 1. The smallest absolute Gasteiger partial charge is 0.135 e. The van der Waals surface area contributed by atoms with Crippen molar-refractivity contribution in [3.8, 4) is 0 Å². The number of nitrogen functional groups attached to an aromatic ring is 1. The molecule has 1 rings (SSSR count). The molecule has 0 aliphatic heterocycles. The fourth-order valence-corrected chi connectivity index (χ4v) is 1.16. The Labute approximate surface area is 85.3 Å². The summed E-state index contributed by atoms with van der Waals surface area (Å²) < 4.78 is 5.38. The molecule has 0 amide bonds. The highest BCUT2D eigenvalue weighted by atomic mass is 16.5. The zero-order valence-electron chi connectivity index (χ0n) is 9.00. The number of nitrogens with two attached hydrogens (primary N) is 1. The highest BCUT2D eigenvalue weighted by Crippen LogP contribution is 2.19. The van der Waals surface area contributed by atoms with Crippen LogP contribution in [0.5, 0.6) is 0 Å². The first-order valence-corrected chi connectivity index (χ1v) is 4.78. The Kier molecular flexibility index (Phi) is 3.36. The average Bonchev–Trinajstić information content (AvgIpc) is 2.21. The van der Waals surface area contributed by atoms with Gasteiger partial charge in [-0.05, 0) is 37.6 Å². The maximum atomic E-state index is 5.60. The summed E-state index contributed by atoms with van der Waals surface area (Å²) in [5.41, 5.74) is 7.08. The first-order valence-electron chi connectivity index (χ1n) is 4.78. The molecule has 78 valence electrons. The molecule has 3 heteroatoms. The van der Waals surface area contributed by atoms with Crippen LogP contribution in [-0.4, -0.2) is 12.8 Å². The molecular weight excluding hydrogens is 176 g/mol. The van der Waals surface area contributed by atoms with Crippen molar-refractivity contribution in [2.75, 3.05) is 18.2 Å². The molecule has 0 saturated carbocycles. The van der Waals surface area contributed by atoms with E-state index in [1.165, 1.54) is 0 Å². The molecule has 0 fully saturated rings. The number of hydrogen-bond donors (Lipinski definition) is 2. The van der Waals surface area contributed by atoms with Crippen LogP contribution >= 0.6 is 0 Å². The predicted molar refractivity (Wildman–Crippen MR) is 60.2 cm³/mol. The summed E-state index contributed by atoms with van der Waals surface area (Å²) in [6.07, 6.45) is 0.897. The molecule has 0 bridgehead atoms. The van der Waals surface area contributed by atoms with E-state index in [1.54, 1.807) is 7.11 Å². The zero-order chi connectivity index (χ0) is 10.6. The van der Waals surface area contributed by atoms with Gasteiger partial charge in [0, 0.05) is 18.5 Å². The van der Waals surface area contributed by atoms with Gasteiger partial charge in [0.25, 0.3) is 0 Å². The van der Waals surface area contributed by atoms with E-state index < -0.39 is 0 Å². The number of ether oxygens (including phenoxy) is 1. The van der Waals surface area contributed by atoms with Crippen LogP contribution in [0.2, 0.25) is 0 Å². The van der Waals surface area contributed by atoms with Gasteiger partial charge in [-0.1, -0.05) is 6.92 Å². The van der Waals surface area contributed by atoms with Crippen LogP contribution in [0.15, 0.2) is 24.3 Å². The first-order chi connectivity index (χ1) is 6.59. The van der Waals surface area contributed by atoms with Crippen LogP contribution in [0.1, 0.15) is 20.3 Å². The monoisotopic (exact) mass is 194 g/mol. The van der Waals surface area contributed by atoms with E-state index in [1.807, 2.05) is 31.2 Å². The molecule has 0 radical (unpaired) electrons. The summed E-state index contributed by atoms with van der Waals surface area (Å²) in [5.74, 6) is 0. The van der Waals surface area contributed by atoms with E-state index in [0.29, 0.717) is 0 Å². The van der Waals surface area contributed by atoms with E-state index in [-0.39, 0.29) is 5.72 Å². The van der Waals surface area contributed by atoms with Crippen molar-refractivity contribution in [3.63, 3.8) is 0 Å². The van der Waals surface area contributed by atoms with Crippen LogP contribution in [0.4, 0.5) is 11.4 Å². The molecule has 0 saturated heterocycles. The fourth-order valence-electron chi connectivity index (χ4n) is 1.16. The Hall–Kier alpha value is -1.22. The standard InChI is InChI=1S/C11H18N2O/c1-4-11(2,14-3)13-10-7-5-9(12)6-8-10/h5-8,13H,4,12H2,1-3H3. The molecule has 0 aromatic heterocycles. The minimum absolute atomic E-state index is 0.309. The second-order valence-corrected chi connectivity index (χ2v) is 3.54. The van der Waals surface area contributed by atoms with Crippen LogP contribution in [0, 0.1) is 0 Å². The summed E-state index contributed by atoms with van der Waals surface area (Å²) in [4.78, 5) is 0. The molecule has 1 aromatic rings. The second kappa shape index (κ2) is 4.33. The van der Waals surface area contributed by atoms with Crippen molar-refractivity contribution in [3.05, 3.63) is 24.3 Å². The largest absolute Gasteiger partial charge is 0.399 e. The summed E-state index contributed by atoms with van der Waals surface area (Å²) in [6, 6.07) is 7.63. The summed E-state index contributed by atoms with van der Waals surface area (Å²) >= 11 is 0. The molecule has 0 aliphatic carbocycles. The van der Waals surface area contributed by atoms with Gasteiger partial charge in [0.2, 0.25) is 0 Å². The zero-order valence-corrected chi connectivity index (χ0v) is 9.00. The number of hydrogen-bond acceptors (Lipinski definition) is 3. The van der Waals surface area contributed by atoms with Crippen molar-refractivity contribution >= 4 is 11.4 Å². The van der Waals surface area contributed by atoms with E-state index in [4.69, 9.17) is 10.5 Å². The van der Waals surface area contributed by atoms with Crippen molar-refractivity contribution in [1.29, 1.82) is 0 Å². The van der Waals surface area contributed by atoms with Crippen molar-refractivity contribution in [2.24, 2.45) is 0 Å². The van der Waals surface area contributed by atoms with Crippen molar-refractivity contribution in [1.82, 2.24) is 0 Å². The predicted octanol–water partition coefficient (Wildman–Crippen LogP) is 2.45. The quantitative estimate of drug-likeness (QED) is 0.571. The molecule has 3 nitrogen and oxygen atoms in total. The molecule has 14 heavy (non-hydrogen) atoms. The van der Waals surface area contributed by atoms with Gasteiger partial charge >= 0.3 is 0 Å². The third kappa shape index (κ3) is 2.64. The lowest BCUT2D eigenvalue weighted by Crippen LogP contribution is -2.35. The Bertz CT molecular complexity index is 278. The van der Waals surface area contributed by atoms with Gasteiger partial charge in [-0.2, -0.15) is 0 Å². The molecule has 1 atom stereocenters. The van der Waals surface area contributed by atoms with Crippen LogP contribution in [-0.2, 0) is 4.74 Å². The Morgan fingerprint density at radius 3 is 2.36 bits per heavy atom. The summed E-state index contributed by atoms with van der Waals surface area (Å²) in [6.45, 7) is 4.09. The highest BCUT2D eigenvalue weighted by molar-refractivity contribution is 5.52. The van der Waals surface area contributed by atoms with Gasteiger partial charge in [-0.15, -0.1) is 0 Å². The van der Waals surface area contributed by atoms with Crippen molar-refractivity contribution < 1.29 is 4.74 Å². The van der Waals surface area contributed by atoms with E-state index in [0.717, 1.165) is 17.8 Å². The molecule has 0 heterocycles. The number of rotatable bonds is 4. The van der Waals surface area contributed by atoms with E-state index in [9.17, 15) is 0 Å². The second-order valence-electron chi connectivity index (χ2n) is 3.54. The third-order valence-corrected chi connectivity index (χ3v) is 2.44. The lowest BCUT2D eigenvalue weighted by Gasteiger charge is -2.29. The molecule has 1 unspecified atom stereocenters. The Morgan fingerprint density at radius 1 is 1.36 bits per heavy atom. The van der Waals surface area contributed by atoms with Gasteiger partial charge in [0.15, 0.2) is 0 Å². The normalized spacial score (nSPS) is 14.8. The van der Waals surface area contributed by atoms with Gasteiger partial charge in [-0.25, -0.2) is 0 Å². The maximum Gasteiger partial charge on any atom is 0.135 e. The number of methoxy groups -OCH3 is 1.